The second-order valence-electron chi connectivity index (χ2n) is 4.09. The molecule has 0 unspecified atom stereocenters. The second-order valence-corrected chi connectivity index (χ2v) is 4.09. The van der Waals surface area contributed by atoms with Crippen molar-refractivity contribution >= 4 is 5.95 Å². The maximum Gasteiger partial charge on any atom is 0.223 e. The zero-order valence-corrected chi connectivity index (χ0v) is 10.9. The normalized spacial score (nSPS) is 10.4. The van der Waals surface area contributed by atoms with Gasteiger partial charge in [-0.05, 0) is 25.1 Å². The third-order valence-electron chi connectivity index (χ3n) is 2.70. The molecule has 0 saturated carbocycles. The maximum atomic E-state index is 4.84. The van der Waals surface area contributed by atoms with Crippen molar-refractivity contribution < 1.29 is 4.52 Å². The van der Waals surface area contributed by atoms with Gasteiger partial charge in [0.15, 0.2) is 0 Å². The molecule has 0 amide bonds. The van der Waals surface area contributed by atoms with Gasteiger partial charge < -0.3 is 9.84 Å². The number of rotatable bonds is 4. The minimum absolute atomic E-state index is 0.596. The zero-order chi connectivity index (χ0) is 13.8. The van der Waals surface area contributed by atoms with E-state index in [1.807, 2.05) is 31.2 Å². The molecule has 0 aliphatic carbocycles. The molecule has 6 nitrogen and oxygen atoms in total. The molecule has 0 aliphatic rings. The topological polar surface area (TPSA) is 76.7 Å². The third-order valence-corrected chi connectivity index (χ3v) is 2.70. The molecule has 0 aliphatic heterocycles. The van der Waals surface area contributed by atoms with Crippen LogP contribution in [-0.4, -0.2) is 26.7 Å². The van der Waals surface area contributed by atoms with Gasteiger partial charge in [-0.25, -0.2) is 15.0 Å². The summed E-state index contributed by atoms with van der Waals surface area (Å²) < 4.78 is 4.84. The molecular weight excluding hydrogens is 254 g/mol. The van der Waals surface area contributed by atoms with Crippen molar-refractivity contribution in [1.82, 2.24) is 20.1 Å². The highest BCUT2D eigenvalue weighted by Gasteiger charge is 2.07. The quantitative estimate of drug-likeness (QED) is 0.783. The van der Waals surface area contributed by atoms with Crippen LogP contribution in [0.4, 0.5) is 5.95 Å². The highest BCUT2D eigenvalue weighted by atomic mass is 16.5. The first-order chi connectivity index (χ1) is 9.86. The molecule has 3 rings (SSSR count). The summed E-state index contributed by atoms with van der Waals surface area (Å²) >= 11 is 0. The van der Waals surface area contributed by atoms with Crippen LogP contribution in [0.25, 0.3) is 22.8 Å². The van der Waals surface area contributed by atoms with Crippen molar-refractivity contribution in [2.45, 2.75) is 6.92 Å². The highest BCUT2D eigenvalue weighted by Crippen LogP contribution is 2.20. The van der Waals surface area contributed by atoms with Gasteiger partial charge in [-0.3, -0.25) is 0 Å². The first-order valence-electron chi connectivity index (χ1n) is 6.32. The van der Waals surface area contributed by atoms with Gasteiger partial charge in [-0.1, -0.05) is 11.2 Å². The van der Waals surface area contributed by atoms with E-state index in [9.17, 15) is 0 Å². The van der Waals surface area contributed by atoms with Crippen LogP contribution in [0.2, 0.25) is 0 Å². The van der Waals surface area contributed by atoms with E-state index in [0.717, 1.165) is 23.6 Å². The van der Waals surface area contributed by atoms with Gasteiger partial charge >= 0.3 is 0 Å². The summed E-state index contributed by atoms with van der Waals surface area (Å²) in [4.78, 5) is 13.1. The molecule has 20 heavy (non-hydrogen) atoms. The van der Waals surface area contributed by atoms with Gasteiger partial charge in [-0.2, -0.15) is 0 Å². The Morgan fingerprint density at radius 1 is 1.00 bits per heavy atom. The summed E-state index contributed by atoms with van der Waals surface area (Å²) in [6.07, 6.45) is 3.24. The van der Waals surface area contributed by atoms with Crippen LogP contribution >= 0.6 is 0 Å². The van der Waals surface area contributed by atoms with Gasteiger partial charge in [-0.15, -0.1) is 0 Å². The lowest BCUT2D eigenvalue weighted by molar-refractivity contribution is 0.422. The molecule has 0 fully saturated rings. The number of nitrogens with one attached hydrogen (secondary N) is 1. The SMILES string of the molecule is CCNc1nccc(-c2cccc(-c3ccon3)n2)n1. The highest BCUT2D eigenvalue weighted by molar-refractivity contribution is 5.61. The summed E-state index contributed by atoms with van der Waals surface area (Å²) in [6, 6.07) is 9.31. The Morgan fingerprint density at radius 2 is 1.80 bits per heavy atom. The molecule has 0 atom stereocenters. The minimum Gasteiger partial charge on any atom is -0.364 e. The summed E-state index contributed by atoms with van der Waals surface area (Å²) in [5.41, 5.74) is 2.99. The van der Waals surface area contributed by atoms with E-state index >= 15 is 0 Å². The Hall–Kier alpha value is -2.76. The first-order valence-corrected chi connectivity index (χ1v) is 6.32. The smallest absolute Gasteiger partial charge is 0.223 e. The molecular formula is C14H13N5O. The lowest BCUT2D eigenvalue weighted by atomic mass is 10.2. The zero-order valence-electron chi connectivity index (χ0n) is 10.9. The molecule has 3 aromatic rings. The summed E-state index contributed by atoms with van der Waals surface area (Å²) in [7, 11) is 0. The van der Waals surface area contributed by atoms with Crippen LogP contribution in [0.15, 0.2) is 47.3 Å². The van der Waals surface area contributed by atoms with E-state index < -0.39 is 0 Å². The number of nitrogens with zero attached hydrogens (tertiary/aromatic N) is 4. The second kappa shape index (κ2) is 5.48. The Labute approximate surface area is 115 Å². The van der Waals surface area contributed by atoms with Gasteiger partial charge in [0.2, 0.25) is 5.95 Å². The molecule has 0 radical (unpaired) electrons. The standard InChI is InChI=1S/C14H13N5O/c1-2-15-14-16-8-6-12(18-14)10-4-3-5-11(17-10)13-7-9-20-19-13/h3-9H,2H2,1H3,(H,15,16,18). The molecule has 100 valence electrons. The van der Waals surface area contributed by atoms with E-state index in [-0.39, 0.29) is 0 Å². The van der Waals surface area contributed by atoms with Gasteiger partial charge in [0.1, 0.15) is 12.0 Å². The average Bonchev–Trinajstić information content (AvgIpc) is 3.02. The van der Waals surface area contributed by atoms with Crippen molar-refractivity contribution in [3.05, 3.63) is 42.8 Å². The number of aromatic nitrogens is 4. The summed E-state index contributed by atoms with van der Waals surface area (Å²) in [6.45, 7) is 2.77. The van der Waals surface area contributed by atoms with Crippen molar-refractivity contribution in [3.8, 4) is 22.8 Å². The van der Waals surface area contributed by atoms with Crippen molar-refractivity contribution in [1.29, 1.82) is 0 Å². The Kier molecular flexibility index (Phi) is 3.36. The number of hydrogen-bond acceptors (Lipinski definition) is 6. The maximum absolute atomic E-state index is 4.84. The van der Waals surface area contributed by atoms with Crippen molar-refractivity contribution in [2.24, 2.45) is 0 Å². The number of pyridine rings is 1. The average molecular weight is 267 g/mol. The van der Waals surface area contributed by atoms with Crippen LogP contribution in [0.3, 0.4) is 0 Å². The van der Waals surface area contributed by atoms with Crippen LogP contribution in [-0.2, 0) is 0 Å². The summed E-state index contributed by atoms with van der Waals surface area (Å²) in [5, 5.41) is 6.97. The van der Waals surface area contributed by atoms with Crippen LogP contribution in [0.1, 0.15) is 6.92 Å². The molecule has 0 aromatic carbocycles. The van der Waals surface area contributed by atoms with Gasteiger partial charge in [0.05, 0.1) is 17.1 Å². The van der Waals surface area contributed by atoms with E-state index in [1.54, 1.807) is 12.3 Å². The Morgan fingerprint density at radius 3 is 2.55 bits per heavy atom. The Balaban J connectivity index is 1.98. The molecule has 3 heterocycles. The predicted molar refractivity (Wildman–Crippen MR) is 74.9 cm³/mol. The van der Waals surface area contributed by atoms with Crippen molar-refractivity contribution in [3.63, 3.8) is 0 Å². The first kappa shape index (κ1) is 12.3. The molecule has 0 spiro atoms. The van der Waals surface area contributed by atoms with Gasteiger partial charge in [0.25, 0.3) is 0 Å². The monoisotopic (exact) mass is 267 g/mol. The fraction of sp³-hybridized carbons (Fsp3) is 0.143. The fourth-order valence-electron chi connectivity index (χ4n) is 1.81. The van der Waals surface area contributed by atoms with Gasteiger partial charge in [0, 0.05) is 18.8 Å². The van der Waals surface area contributed by atoms with Crippen LogP contribution in [0, 0.1) is 0 Å². The van der Waals surface area contributed by atoms with E-state index in [1.165, 1.54) is 6.26 Å². The molecule has 0 saturated heterocycles. The number of hydrogen-bond donors (Lipinski definition) is 1. The summed E-state index contributed by atoms with van der Waals surface area (Å²) in [5.74, 6) is 0.596. The van der Waals surface area contributed by atoms with Crippen LogP contribution in [0.5, 0.6) is 0 Å². The van der Waals surface area contributed by atoms with E-state index in [4.69, 9.17) is 4.52 Å². The lowest BCUT2D eigenvalue weighted by Gasteiger charge is -2.05. The van der Waals surface area contributed by atoms with Crippen molar-refractivity contribution in [2.75, 3.05) is 11.9 Å². The molecule has 0 bridgehead atoms. The largest absolute Gasteiger partial charge is 0.364 e. The minimum atomic E-state index is 0.596. The fourth-order valence-corrected chi connectivity index (χ4v) is 1.81. The number of anilines is 1. The van der Waals surface area contributed by atoms with E-state index in [0.29, 0.717) is 11.6 Å². The Bertz CT molecular complexity index is 696. The van der Waals surface area contributed by atoms with E-state index in [2.05, 4.69) is 25.4 Å². The lowest BCUT2D eigenvalue weighted by Crippen LogP contribution is -2.02. The predicted octanol–water partition coefficient (Wildman–Crippen LogP) is 2.63. The molecule has 6 heteroatoms. The third kappa shape index (κ3) is 2.49. The van der Waals surface area contributed by atoms with Crippen LogP contribution < -0.4 is 5.32 Å². The molecule has 3 aromatic heterocycles. The molecule has 1 N–H and O–H groups in total.